The SMILES string of the molecule is CCCN(CC1CC1)C(=O)NCc1ccnc(N2CCN(C)CC2)c1. The van der Waals surface area contributed by atoms with Gasteiger partial charge in [-0.3, -0.25) is 0 Å². The summed E-state index contributed by atoms with van der Waals surface area (Å²) in [7, 11) is 2.15. The van der Waals surface area contributed by atoms with Gasteiger partial charge in [0.1, 0.15) is 5.82 Å². The van der Waals surface area contributed by atoms with Crippen LogP contribution in [0.5, 0.6) is 0 Å². The van der Waals surface area contributed by atoms with Gasteiger partial charge >= 0.3 is 6.03 Å². The maximum atomic E-state index is 12.5. The van der Waals surface area contributed by atoms with Crippen LogP contribution in [0.25, 0.3) is 0 Å². The molecule has 1 saturated heterocycles. The van der Waals surface area contributed by atoms with E-state index in [0.717, 1.165) is 63.0 Å². The second kappa shape index (κ2) is 8.52. The Morgan fingerprint density at radius 3 is 2.76 bits per heavy atom. The average molecular weight is 345 g/mol. The first-order chi connectivity index (χ1) is 12.2. The molecule has 2 fully saturated rings. The topological polar surface area (TPSA) is 51.7 Å². The smallest absolute Gasteiger partial charge is 0.317 e. The molecule has 1 aliphatic heterocycles. The summed E-state index contributed by atoms with van der Waals surface area (Å²) in [6.07, 6.45) is 5.39. The fourth-order valence-corrected chi connectivity index (χ4v) is 3.23. The molecule has 1 aromatic heterocycles. The van der Waals surface area contributed by atoms with Crippen LogP contribution in [0.15, 0.2) is 18.3 Å². The minimum atomic E-state index is 0.0618. The molecule has 0 bridgehead atoms. The van der Waals surface area contributed by atoms with Crippen LogP contribution in [-0.2, 0) is 6.54 Å². The fraction of sp³-hybridized carbons (Fsp3) is 0.684. The first-order valence-electron chi connectivity index (χ1n) is 9.57. The summed E-state index contributed by atoms with van der Waals surface area (Å²) in [5.41, 5.74) is 1.11. The summed E-state index contributed by atoms with van der Waals surface area (Å²) in [5.74, 6) is 1.74. The lowest BCUT2D eigenvalue weighted by Gasteiger charge is -2.33. The number of rotatable bonds is 7. The van der Waals surface area contributed by atoms with Crippen molar-refractivity contribution in [1.29, 1.82) is 0 Å². The molecule has 1 N–H and O–H groups in total. The number of pyridine rings is 1. The molecular weight excluding hydrogens is 314 g/mol. The van der Waals surface area contributed by atoms with Gasteiger partial charge < -0.3 is 20.0 Å². The van der Waals surface area contributed by atoms with Crippen LogP contribution in [0, 0.1) is 5.92 Å². The molecule has 2 amide bonds. The predicted octanol–water partition coefficient (Wildman–Crippen LogP) is 2.17. The molecule has 0 atom stereocenters. The molecule has 6 nitrogen and oxygen atoms in total. The normalized spacial score (nSPS) is 18.2. The van der Waals surface area contributed by atoms with E-state index in [9.17, 15) is 4.79 Å². The summed E-state index contributed by atoms with van der Waals surface area (Å²) in [5, 5.41) is 3.09. The number of amides is 2. The second-order valence-electron chi connectivity index (χ2n) is 7.36. The molecular formula is C19H31N5O. The molecule has 6 heteroatoms. The van der Waals surface area contributed by atoms with Crippen molar-refractivity contribution in [2.45, 2.75) is 32.7 Å². The Balaban J connectivity index is 1.53. The number of urea groups is 1. The van der Waals surface area contributed by atoms with E-state index in [-0.39, 0.29) is 6.03 Å². The largest absolute Gasteiger partial charge is 0.354 e. The number of piperazine rings is 1. The van der Waals surface area contributed by atoms with Crippen molar-refractivity contribution in [3.05, 3.63) is 23.9 Å². The highest BCUT2D eigenvalue weighted by Gasteiger charge is 2.26. The van der Waals surface area contributed by atoms with E-state index in [4.69, 9.17) is 0 Å². The van der Waals surface area contributed by atoms with Crippen molar-refractivity contribution in [2.24, 2.45) is 5.92 Å². The number of hydrogen-bond acceptors (Lipinski definition) is 4. The van der Waals surface area contributed by atoms with Crippen molar-refractivity contribution < 1.29 is 4.79 Å². The zero-order valence-electron chi connectivity index (χ0n) is 15.6. The van der Waals surface area contributed by atoms with Gasteiger partial charge in [-0.1, -0.05) is 6.92 Å². The van der Waals surface area contributed by atoms with Crippen LogP contribution in [0.3, 0.4) is 0 Å². The molecule has 3 rings (SSSR count). The molecule has 2 heterocycles. The zero-order valence-corrected chi connectivity index (χ0v) is 15.6. The molecule has 0 radical (unpaired) electrons. The lowest BCUT2D eigenvalue weighted by molar-refractivity contribution is 0.195. The molecule has 1 saturated carbocycles. The van der Waals surface area contributed by atoms with Gasteiger partial charge in [0.2, 0.25) is 0 Å². The predicted molar refractivity (Wildman–Crippen MR) is 101 cm³/mol. The highest BCUT2D eigenvalue weighted by Crippen LogP contribution is 2.29. The Kier molecular flexibility index (Phi) is 6.13. The lowest BCUT2D eigenvalue weighted by Crippen LogP contribution is -2.44. The van der Waals surface area contributed by atoms with Gasteiger partial charge in [-0.15, -0.1) is 0 Å². The van der Waals surface area contributed by atoms with Crippen molar-refractivity contribution >= 4 is 11.8 Å². The number of carbonyl (C=O) groups is 1. The third kappa shape index (κ3) is 5.33. The van der Waals surface area contributed by atoms with Gasteiger partial charge in [-0.25, -0.2) is 9.78 Å². The van der Waals surface area contributed by atoms with E-state index < -0.39 is 0 Å². The highest BCUT2D eigenvalue weighted by molar-refractivity contribution is 5.74. The second-order valence-corrected chi connectivity index (χ2v) is 7.36. The Morgan fingerprint density at radius 2 is 2.08 bits per heavy atom. The van der Waals surface area contributed by atoms with Gasteiger partial charge in [0.05, 0.1) is 0 Å². The van der Waals surface area contributed by atoms with Gasteiger partial charge in [-0.05, 0) is 49.9 Å². The van der Waals surface area contributed by atoms with Crippen LogP contribution in [0.4, 0.5) is 10.6 Å². The van der Waals surface area contributed by atoms with E-state index in [1.54, 1.807) is 0 Å². The number of carbonyl (C=O) groups excluding carboxylic acids is 1. The first-order valence-corrected chi connectivity index (χ1v) is 9.57. The third-order valence-corrected chi connectivity index (χ3v) is 5.04. The fourth-order valence-electron chi connectivity index (χ4n) is 3.23. The van der Waals surface area contributed by atoms with Gasteiger partial charge in [0.15, 0.2) is 0 Å². The van der Waals surface area contributed by atoms with Gasteiger partial charge in [-0.2, -0.15) is 0 Å². The summed E-state index contributed by atoms with van der Waals surface area (Å²) in [6.45, 7) is 8.57. The number of nitrogens with zero attached hydrogens (tertiary/aromatic N) is 4. The first kappa shape index (κ1) is 18.0. The van der Waals surface area contributed by atoms with Crippen LogP contribution < -0.4 is 10.2 Å². The Hall–Kier alpha value is -1.82. The third-order valence-electron chi connectivity index (χ3n) is 5.04. The minimum absolute atomic E-state index is 0.0618. The molecule has 0 spiro atoms. The standard InChI is InChI=1S/C19H31N5O/c1-3-8-24(15-16-4-5-16)19(25)21-14-17-6-7-20-18(13-17)23-11-9-22(2)10-12-23/h6-7,13,16H,3-5,8-12,14-15H2,1-2H3,(H,21,25). The van der Waals surface area contributed by atoms with Crippen LogP contribution >= 0.6 is 0 Å². The molecule has 138 valence electrons. The number of nitrogens with one attached hydrogen (secondary N) is 1. The Bertz CT molecular complexity index is 567. The van der Waals surface area contributed by atoms with Crippen molar-refractivity contribution in [1.82, 2.24) is 20.1 Å². The maximum Gasteiger partial charge on any atom is 0.317 e. The monoisotopic (exact) mass is 345 g/mol. The number of aromatic nitrogens is 1. The minimum Gasteiger partial charge on any atom is -0.354 e. The number of likely N-dealkylation sites (N-methyl/N-ethyl adjacent to an activating group) is 1. The quantitative estimate of drug-likeness (QED) is 0.823. The molecule has 25 heavy (non-hydrogen) atoms. The number of anilines is 1. The Morgan fingerprint density at radius 1 is 1.32 bits per heavy atom. The van der Waals surface area contributed by atoms with E-state index >= 15 is 0 Å². The summed E-state index contributed by atoms with van der Waals surface area (Å²) >= 11 is 0. The van der Waals surface area contributed by atoms with Gasteiger partial charge in [0, 0.05) is 52.0 Å². The molecule has 1 aliphatic carbocycles. The summed E-state index contributed by atoms with van der Waals surface area (Å²) < 4.78 is 0. The van der Waals surface area contributed by atoms with Crippen LogP contribution in [0.2, 0.25) is 0 Å². The summed E-state index contributed by atoms with van der Waals surface area (Å²) in [6, 6.07) is 4.16. The average Bonchev–Trinajstić information content (AvgIpc) is 3.44. The highest BCUT2D eigenvalue weighted by atomic mass is 16.2. The van der Waals surface area contributed by atoms with E-state index in [1.807, 2.05) is 17.2 Å². The van der Waals surface area contributed by atoms with Crippen molar-refractivity contribution in [3.63, 3.8) is 0 Å². The van der Waals surface area contributed by atoms with Crippen molar-refractivity contribution in [3.8, 4) is 0 Å². The zero-order chi connectivity index (χ0) is 17.6. The Labute approximate surface area is 151 Å². The molecule has 0 unspecified atom stereocenters. The van der Waals surface area contributed by atoms with Gasteiger partial charge in [0.25, 0.3) is 0 Å². The summed E-state index contributed by atoms with van der Waals surface area (Å²) in [4.78, 5) is 23.6. The lowest BCUT2D eigenvalue weighted by atomic mass is 10.2. The molecule has 1 aromatic rings. The maximum absolute atomic E-state index is 12.5. The molecule has 2 aliphatic rings. The van der Waals surface area contributed by atoms with Crippen molar-refractivity contribution in [2.75, 3.05) is 51.2 Å². The van der Waals surface area contributed by atoms with E-state index in [0.29, 0.717) is 6.54 Å². The van der Waals surface area contributed by atoms with E-state index in [1.165, 1.54) is 12.8 Å². The van der Waals surface area contributed by atoms with E-state index in [2.05, 4.69) is 40.1 Å². The van der Waals surface area contributed by atoms with Crippen LogP contribution in [-0.4, -0.2) is 67.1 Å². The number of hydrogen-bond donors (Lipinski definition) is 1. The molecule has 0 aromatic carbocycles. The van der Waals surface area contributed by atoms with Crippen LogP contribution in [0.1, 0.15) is 31.7 Å².